The first-order valence-electron chi connectivity index (χ1n) is 7.04. The maximum absolute atomic E-state index is 9.40. The van der Waals surface area contributed by atoms with E-state index in [1.165, 1.54) is 0 Å². The Morgan fingerprint density at radius 2 is 2.04 bits per heavy atom. The average Bonchev–Trinajstić information content (AvgIpc) is 3.23. The molecule has 3 heterocycles. The van der Waals surface area contributed by atoms with E-state index in [0.29, 0.717) is 17.5 Å². The second-order valence-corrected chi connectivity index (χ2v) is 6.10. The lowest BCUT2D eigenvalue weighted by Crippen LogP contribution is -2.20. The SMILES string of the molecule is N#Cc1[nH]nc2c1C(c1cccs1)C(c1ccccc1)=C(N)O2. The first kappa shape index (κ1) is 13.6. The number of nitrogens with two attached hydrogens (primary N) is 1. The minimum atomic E-state index is -0.172. The standard InChI is InChI=1S/C17H12N4OS/c18-9-11-14-15(12-7-4-8-23-12)13(10-5-2-1-3-6-10)16(19)22-17(14)21-20-11/h1-8,15H,19H2,(H,20,21). The van der Waals surface area contributed by atoms with Crippen molar-refractivity contribution in [1.29, 1.82) is 5.26 Å². The number of nitrogens with zero attached hydrogens (tertiary/aromatic N) is 2. The molecule has 3 N–H and O–H groups in total. The number of fused-ring (bicyclic) bond motifs is 1. The van der Waals surface area contributed by atoms with Crippen LogP contribution in [-0.4, -0.2) is 10.2 Å². The molecule has 3 aromatic rings. The smallest absolute Gasteiger partial charge is 0.245 e. The van der Waals surface area contributed by atoms with E-state index in [2.05, 4.69) is 16.3 Å². The Morgan fingerprint density at radius 3 is 2.74 bits per heavy atom. The fourth-order valence-electron chi connectivity index (χ4n) is 2.88. The van der Waals surface area contributed by atoms with Crippen LogP contribution in [0.15, 0.2) is 53.7 Å². The maximum atomic E-state index is 9.40. The lowest BCUT2D eigenvalue weighted by molar-refractivity contribution is 0.389. The van der Waals surface area contributed by atoms with Crippen molar-refractivity contribution in [2.24, 2.45) is 5.73 Å². The highest BCUT2D eigenvalue weighted by molar-refractivity contribution is 7.10. The Labute approximate surface area is 136 Å². The van der Waals surface area contributed by atoms with Crippen LogP contribution in [0.3, 0.4) is 0 Å². The summed E-state index contributed by atoms with van der Waals surface area (Å²) in [7, 11) is 0. The van der Waals surface area contributed by atoms with Gasteiger partial charge in [-0.15, -0.1) is 16.4 Å². The van der Waals surface area contributed by atoms with Gasteiger partial charge in [0.05, 0.1) is 11.5 Å². The zero-order chi connectivity index (χ0) is 15.8. The molecule has 23 heavy (non-hydrogen) atoms. The van der Waals surface area contributed by atoms with Gasteiger partial charge in [-0.25, -0.2) is 0 Å². The number of aromatic amines is 1. The van der Waals surface area contributed by atoms with E-state index in [1.54, 1.807) is 11.3 Å². The van der Waals surface area contributed by atoms with E-state index >= 15 is 0 Å². The van der Waals surface area contributed by atoms with Crippen molar-refractivity contribution in [2.45, 2.75) is 5.92 Å². The predicted octanol–water partition coefficient (Wildman–Crippen LogP) is 3.19. The van der Waals surface area contributed by atoms with E-state index in [-0.39, 0.29) is 5.92 Å². The fourth-order valence-corrected chi connectivity index (χ4v) is 3.72. The van der Waals surface area contributed by atoms with E-state index in [1.807, 2.05) is 47.8 Å². The lowest BCUT2D eigenvalue weighted by Gasteiger charge is -2.26. The van der Waals surface area contributed by atoms with Crippen LogP contribution >= 0.6 is 11.3 Å². The molecule has 1 aliphatic heterocycles. The zero-order valence-corrected chi connectivity index (χ0v) is 12.8. The number of hydrogen-bond acceptors (Lipinski definition) is 5. The normalized spacial score (nSPS) is 16.6. The van der Waals surface area contributed by atoms with Crippen LogP contribution in [-0.2, 0) is 0 Å². The van der Waals surface area contributed by atoms with Gasteiger partial charge in [-0.1, -0.05) is 36.4 Å². The minimum Gasteiger partial charge on any atom is -0.421 e. The van der Waals surface area contributed by atoms with Gasteiger partial charge in [-0.2, -0.15) is 5.26 Å². The molecule has 0 radical (unpaired) electrons. The molecule has 0 aliphatic carbocycles. The molecule has 6 heteroatoms. The Morgan fingerprint density at radius 1 is 1.22 bits per heavy atom. The van der Waals surface area contributed by atoms with Gasteiger partial charge >= 0.3 is 0 Å². The van der Waals surface area contributed by atoms with E-state index in [9.17, 15) is 5.26 Å². The Hall–Kier alpha value is -3.04. The van der Waals surface area contributed by atoms with Gasteiger partial charge < -0.3 is 10.5 Å². The Bertz CT molecular complexity index is 919. The van der Waals surface area contributed by atoms with Crippen LogP contribution in [0.1, 0.15) is 27.6 Å². The third-order valence-corrected chi connectivity index (χ3v) is 4.78. The van der Waals surface area contributed by atoms with Gasteiger partial charge in [0.1, 0.15) is 11.8 Å². The second kappa shape index (κ2) is 5.30. The summed E-state index contributed by atoms with van der Waals surface area (Å²) in [6.45, 7) is 0. The molecule has 0 bridgehead atoms. The highest BCUT2D eigenvalue weighted by Gasteiger charge is 2.36. The minimum absolute atomic E-state index is 0.172. The number of allylic oxidation sites excluding steroid dienone is 1. The van der Waals surface area contributed by atoms with Crippen molar-refractivity contribution in [1.82, 2.24) is 10.2 Å². The molecule has 2 aromatic heterocycles. The van der Waals surface area contributed by atoms with Gasteiger partial charge in [0.15, 0.2) is 5.88 Å². The molecule has 0 saturated carbocycles. The summed E-state index contributed by atoms with van der Waals surface area (Å²) in [4.78, 5) is 1.09. The highest BCUT2D eigenvalue weighted by atomic mass is 32.1. The molecule has 1 unspecified atom stereocenters. The molecule has 1 atom stereocenters. The van der Waals surface area contributed by atoms with Gasteiger partial charge in [-0.3, -0.25) is 5.10 Å². The van der Waals surface area contributed by atoms with Crippen LogP contribution in [0.25, 0.3) is 5.57 Å². The lowest BCUT2D eigenvalue weighted by atomic mass is 9.84. The number of hydrogen-bond donors (Lipinski definition) is 2. The monoisotopic (exact) mass is 320 g/mol. The number of H-pyrrole nitrogens is 1. The number of rotatable bonds is 2. The van der Waals surface area contributed by atoms with E-state index in [0.717, 1.165) is 21.6 Å². The maximum Gasteiger partial charge on any atom is 0.245 e. The van der Waals surface area contributed by atoms with Crippen molar-refractivity contribution in [2.75, 3.05) is 0 Å². The van der Waals surface area contributed by atoms with E-state index in [4.69, 9.17) is 10.5 Å². The summed E-state index contributed by atoms with van der Waals surface area (Å²) in [5, 5.41) is 18.2. The first-order valence-corrected chi connectivity index (χ1v) is 7.92. The van der Waals surface area contributed by atoms with Gasteiger partial charge in [0.2, 0.25) is 5.88 Å². The number of nitriles is 1. The number of ether oxygens (including phenoxy) is 1. The largest absolute Gasteiger partial charge is 0.421 e. The van der Waals surface area contributed by atoms with Crippen LogP contribution < -0.4 is 10.5 Å². The summed E-state index contributed by atoms with van der Waals surface area (Å²) >= 11 is 1.62. The number of nitrogens with one attached hydrogen (secondary N) is 1. The highest BCUT2D eigenvalue weighted by Crippen LogP contribution is 2.47. The summed E-state index contributed by atoms with van der Waals surface area (Å²) in [6.07, 6.45) is 0. The third kappa shape index (κ3) is 2.10. The molecule has 1 aromatic carbocycles. The van der Waals surface area contributed by atoms with Gasteiger partial charge in [-0.05, 0) is 17.0 Å². The van der Waals surface area contributed by atoms with Crippen molar-refractivity contribution in [3.63, 3.8) is 0 Å². The quantitative estimate of drug-likeness (QED) is 0.759. The molecule has 5 nitrogen and oxygen atoms in total. The van der Waals surface area contributed by atoms with Crippen LogP contribution in [0.4, 0.5) is 0 Å². The second-order valence-electron chi connectivity index (χ2n) is 5.12. The number of benzene rings is 1. The van der Waals surface area contributed by atoms with Crippen LogP contribution in [0, 0.1) is 11.3 Å². The Balaban J connectivity index is 1.98. The van der Waals surface area contributed by atoms with Crippen molar-refractivity contribution < 1.29 is 4.74 Å². The molecular formula is C17H12N4OS. The van der Waals surface area contributed by atoms with Crippen LogP contribution in [0.5, 0.6) is 5.88 Å². The molecule has 0 saturated heterocycles. The number of aromatic nitrogens is 2. The Kier molecular flexibility index (Phi) is 3.14. The summed E-state index contributed by atoms with van der Waals surface area (Å²) in [6, 6.07) is 16.0. The molecule has 0 fully saturated rings. The topological polar surface area (TPSA) is 87.7 Å². The van der Waals surface area contributed by atoms with Crippen molar-refractivity contribution in [3.8, 4) is 11.9 Å². The fraction of sp³-hybridized carbons (Fsp3) is 0.0588. The van der Waals surface area contributed by atoms with Crippen molar-refractivity contribution >= 4 is 16.9 Å². The predicted molar refractivity (Wildman–Crippen MR) is 87.6 cm³/mol. The first-order chi connectivity index (χ1) is 11.3. The molecular weight excluding hydrogens is 308 g/mol. The summed E-state index contributed by atoms with van der Waals surface area (Å²) in [5.74, 6) is 0.518. The summed E-state index contributed by atoms with van der Waals surface area (Å²) in [5.41, 5.74) is 9.17. The zero-order valence-electron chi connectivity index (χ0n) is 12.0. The third-order valence-electron chi connectivity index (χ3n) is 3.84. The number of thiophene rings is 1. The van der Waals surface area contributed by atoms with Crippen molar-refractivity contribution in [3.05, 3.63) is 75.4 Å². The van der Waals surface area contributed by atoms with Gasteiger partial charge in [0, 0.05) is 10.5 Å². The van der Waals surface area contributed by atoms with Crippen LogP contribution in [0.2, 0.25) is 0 Å². The summed E-state index contributed by atoms with van der Waals surface area (Å²) < 4.78 is 5.68. The molecule has 4 rings (SSSR count). The average molecular weight is 320 g/mol. The molecule has 0 spiro atoms. The van der Waals surface area contributed by atoms with E-state index < -0.39 is 0 Å². The molecule has 1 aliphatic rings. The molecule has 0 amide bonds. The molecule has 112 valence electrons. The van der Waals surface area contributed by atoms with Gasteiger partial charge in [0.25, 0.3) is 0 Å².